The van der Waals surface area contributed by atoms with Crippen LogP contribution < -0.4 is 16.6 Å². The number of amides is 1. The van der Waals surface area contributed by atoms with Gasteiger partial charge in [-0.15, -0.1) is 10.2 Å². The van der Waals surface area contributed by atoms with Crippen molar-refractivity contribution >= 4 is 33.5 Å². The van der Waals surface area contributed by atoms with E-state index in [2.05, 4.69) is 20.5 Å². The molecule has 0 radical (unpaired) electrons. The highest BCUT2D eigenvalue weighted by Crippen LogP contribution is 2.10. The lowest BCUT2D eigenvalue weighted by atomic mass is 10.3. The molecule has 0 atom stereocenters. The quantitative estimate of drug-likeness (QED) is 0.676. The van der Waals surface area contributed by atoms with Gasteiger partial charge < -0.3 is 9.88 Å². The zero-order chi connectivity index (χ0) is 17.3. The number of fused-ring (bicyclic) bond motifs is 1. The average Bonchev–Trinajstić information content (AvgIpc) is 3.20. The van der Waals surface area contributed by atoms with Crippen LogP contribution >= 0.6 is 11.3 Å². The van der Waals surface area contributed by atoms with Crippen LogP contribution in [0.2, 0.25) is 0 Å². The summed E-state index contributed by atoms with van der Waals surface area (Å²) in [5.41, 5.74) is 1.40. The first-order valence-electron chi connectivity index (χ1n) is 7.16. The van der Waals surface area contributed by atoms with Crippen LogP contribution in [0.5, 0.6) is 0 Å². The number of aryl methyl sites for hydroxylation is 2. The Morgan fingerprint density at radius 2 is 2.08 bits per heavy atom. The van der Waals surface area contributed by atoms with Crippen LogP contribution in [0.25, 0.3) is 11.2 Å². The monoisotopic (exact) mass is 349 g/mol. The first-order chi connectivity index (χ1) is 11.5. The number of imidazole rings is 1. The lowest BCUT2D eigenvalue weighted by Gasteiger charge is -2.06. The predicted octanol–water partition coefficient (Wildman–Crippen LogP) is -0.296. The van der Waals surface area contributed by atoms with Crippen LogP contribution in [0.1, 0.15) is 12.8 Å². The highest BCUT2D eigenvalue weighted by molar-refractivity contribution is 7.13. The fraction of sp³-hybridized carbons (Fsp3) is 0.385. The molecule has 0 fully saturated rings. The second kappa shape index (κ2) is 6.35. The molecule has 3 heterocycles. The van der Waals surface area contributed by atoms with Gasteiger partial charge in [-0.2, -0.15) is 0 Å². The van der Waals surface area contributed by atoms with Crippen LogP contribution in [0.15, 0.2) is 21.4 Å². The maximum atomic E-state index is 12.3. The van der Waals surface area contributed by atoms with Gasteiger partial charge in [0.15, 0.2) is 11.2 Å². The summed E-state index contributed by atoms with van der Waals surface area (Å²) in [5, 5.41) is 10.5. The maximum Gasteiger partial charge on any atom is 0.332 e. The standard InChI is InChI=1S/C13H15N7O3S/c1-18-10-9(11(22)19(2)13(18)23)20(6-14-10)5-3-4-8(21)16-12-17-15-7-24-12/h6-7H,3-5H2,1-2H3,(H,16,17,21). The number of carbonyl (C=O) groups is 1. The van der Waals surface area contributed by atoms with Gasteiger partial charge in [0.25, 0.3) is 5.56 Å². The van der Waals surface area contributed by atoms with Gasteiger partial charge in [0.05, 0.1) is 6.33 Å². The van der Waals surface area contributed by atoms with Crippen molar-refractivity contribution in [2.75, 3.05) is 5.32 Å². The molecule has 11 heteroatoms. The first-order valence-corrected chi connectivity index (χ1v) is 8.04. The van der Waals surface area contributed by atoms with E-state index in [0.717, 1.165) is 4.57 Å². The molecule has 3 aromatic rings. The largest absolute Gasteiger partial charge is 0.332 e. The Bertz CT molecular complexity index is 999. The molecule has 126 valence electrons. The van der Waals surface area contributed by atoms with E-state index in [0.29, 0.717) is 29.3 Å². The molecule has 24 heavy (non-hydrogen) atoms. The molecular weight excluding hydrogens is 334 g/mol. The van der Waals surface area contributed by atoms with Crippen molar-refractivity contribution in [2.24, 2.45) is 14.1 Å². The second-order valence-electron chi connectivity index (χ2n) is 5.21. The van der Waals surface area contributed by atoms with Crippen molar-refractivity contribution in [3.63, 3.8) is 0 Å². The molecule has 0 aliphatic rings. The van der Waals surface area contributed by atoms with Gasteiger partial charge >= 0.3 is 5.69 Å². The van der Waals surface area contributed by atoms with Crippen LogP contribution in [-0.2, 0) is 25.4 Å². The van der Waals surface area contributed by atoms with E-state index in [-0.39, 0.29) is 12.3 Å². The average molecular weight is 349 g/mol. The van der Waals surface area contributed by atoms with Crippen molar-refractivity contribution in [1.82, 2.24) is 28.9 Å². The molecule has 3 rings (SSSR count). The molecule has 0 spiro atoms. The maximum absolute atomic E-state index is 12.3. The molecule has 0 unspecified atom stereocenters. The highest BCUT2D eigenvalue weighted by atomic mass is 32.1. The van der Waals surface area contributed by atoms with Gasteiger partial charge in [0, 0.05) is 27.1 Å². The van der Waals surface area contributed by atoms with Gasteiger partial charge in [-0.1, -0.05) is 11.3 Å². The van der Waals surface area contributed by atoms with E-state index in [1.54, 1.807) is 11.6 Å². The van der Waals surface area contributed by atoms with E-state index in [1.807, 2.05) is 0 Å². The molecule has 0 saturated carbocycles. The van der Waals surface area contributed by atoms with Gasteiger partial charge in [-0.3, -0.25) is 18.7 Å². The molecule has 0 bridgehead atoms. The molecule has 3 aromatic heterocycles. The highest BCUT2D eigenvalue weighted by Gasteiger charge is 2.14. The van der Waals surface area contributed by atoms with Crippen LogP contribution in [-0.4, -0.2) is 34.8 Å². The van der Waals surface area contributed by atoms with Crippen LogP contribution in [0.4, 0.5) is 5.13 Å². The predicted molar refractivity (Wildman–Crippen MR) is 88.0 cm³/mol. The van der Waals surface area contributed by atoms with Crippen LogP contribution in [0.3, 0.4) is 0 Å². The smallest absolute Gasteiger partial charge is 0.325 e. The first kappa shape index (κ1) is 16.1. The van der Waals surface area contributed by atoms with Gasteiger partial charge in [-0.05, 0) is 6.42 Å². The number of carbonyl (C=O) groups excluding carboxylic acids is 1. The zero-order valence-electron chi connectivity index (χ0n) is 13.1. The SMILES string of the molecule is Cn1c(=O)c2c(ncn2CCCC(=O)Nc2nncs2)n(C)c1=O. The molecule has 0 aromatic carbocycles. The Hall–Kier alpha value is -2.82. The molecule has 0 aliphatic heterocycles. The number of rotatable bonds is 5. The summed E-state index contributed by atoms with van der Waals surface area (Å²) in [6.45, 7) is 0.438. The molecule has 0 saturated heterocycles. The van der Waals surface area contributed by atoms with Crippen molar-refractivity contribution in [3.8, 4) is 0 Å². The summed E-state index contributed by atoms with van der Waals surface area (Å²) in [6.07, 6.45) is 2.29. The zero-order valence-corrected chi connectivity index (χ0v) is 13.9. The van der Waals surface area contributed by atoms with E-state index >= 15 is 0 Å². The lowest BCUT2D eigenvalue weighted by molar-refractivity contribution is -0.116. The van der Waals surface area contributed by atoms with Gasteiger partial charge in [0.2, 0.25) is 11.0 Å². The Morgan fingerprint density at radius 3 is 2.79 bits per heavy atom. The minimum Gasteiger partial charge on any atom is -0.325 e. The summed E-state index contributed by atoms with van der Waals surface area (Å²) in [7, 11) is 2.99. The Balaban J connectivity index is 1.73. The molecule has 10 nitrogen and oxygen atoms in total. The summed E-state index contributed by atoms with van der Waals surface area (Å²) in [4.78, 5) is 40.1. The summed E-state index contributed by atoms with van der Waals surface area (Å²) in [5.74, 6) is -0.170. The number of nitrogens with one attached hydrogen (secondary N) is 1. The fourth-order valence-corrected chi connectivity index (χ4v) is 2.85. The van der Waals surface area contributed by atoms with Crippen molar-refractivity contribution in [2.45, 2.75) is 19.4 Å². The topological polar surface area (TPSA) is 117 Å². The Morgan fingerprint density at radius 1 is 1.29 bits per heavy atom. The number of nitrogens with zero attached hydrogens (tertiary/aromatic N) is 6. The second-order valence-corrected chi connectivity index (χ2v) is 6.04. The Kier molecular flexibility index (Phi) is 4.25. The fourth-order valence-electron chi connectivity index (χ4n) is 2.39. The number of hydrogen-bond donors (Lipinski definition) is 1. The summed E-state index contributed by atoms with van der Waals surface area (Å²) in [6, 6.07) is 0. The normalized spacial score (nSPS) is 11.1. The molecular formula is C13H15N7O3S. The number of aromatic nitrogens is 6. The van der Waals surface area contributed by atoms with E-state index in [4.69, 9.17) is 0 Å². The van der Waals surface area contributed by atoms with Gasteiger partial charge in [-0.25, -0.2) is 9.78 Å². The molecule has 1 N–H and O–H groups in total. The Labute approximate surface area is 139 Å². The van der Waals surface area contributed by atoms with E-state index < -0.39 is 11.2 Å². The summed E-state index contributed by atoms with van der Waals surface area (Å²) < 4.78 is 4.04. The molecule has 0 aliphatic carbocycles. The minimum absolute atomic E-state index is 0.170. The lowest BCUT2D eigenvalue weighted by Crippen LogP contribution is -2.37. The number of anilines is 1. The van der Waals surface area contributed by atoms with Crippen LogP contribution in [0, 0.1) is 0 Å². The molecule has 1 amide bonds. The third-order valence-corrected chi connectivity index (χ3v) is 4.23. The van der Waals surface area contributed by atoms with E-state index in [1.165, 1.54) is 34.8 Å². The number of hydrogen-bond acceptors (Lipinski definition) is 7. The van der Waals surface area contributed by atoms with Crippen molar-refractivity contribution in [3.05, 3.63) is 32.7 Å². The van der Waals surface area contributed by atoms with Gasteiger partial charge in [0.1, 0.15) is 5.51 Å². The van der Waals surface area contributed by atoms with Crippen molar-refractivity contribution < 1.29 is 4.79 Å². The minimum atomic E-state index is -0.422. The third-order valence-electron chi connectivity index (χ3n) is 3.63. The third kappa shape index (κ3) is 2.85. The van der Waals surface area contributed by atoms with E-state index in [9.17, 15) is 14.4 Å². The summed E-state index contributed by atoms with van der Waals surface area (Å²) >= 11 is 1.25. The van der Waals surface area contributed by atoms with Crippen molar-refractivity contribution in [1.29, 1.82) is 0 Å².